The van der Waals surface area contributed by atoms with Crippen LogP contribution < -0.4 is 0 Å². The molecule has 0 aromatic rings. The minimum Gasteiger partial charge on any atom is -0.443 e. The molecule has 0 N–H and O–H groups in total. The fourth-order valence-corrected chi connectivity index (χ4v) is 1.58. The van der Waals surface area contributed by atoms with E-state index in [9.17, 15) is 22.8 Å². The maximum atomic E-state index is 12.6. The minimum absolute atomic E-state index is 0.135. The Kier molecular flexibility index (Phi) is 3.15. The number of halogens is 3. The van der Waals surface area contributed by atoms with E-state index in [1.165, 1.54) is 20.8 Å². The van der Waals surface area contributed by atoms with Crippen LogP contribution in [0.15, 0.2) is 0 Å². The third-order valence-corrected chi connectivity index (χ3v) is 2.30. The fourth-order valence-electron chi connectivity index (χ4n) is 1.58. The first-order valence-electron chi connectivity index (χ1n) is 5.08. The van der Waals surface area contributed by atoms with Crippen molar-refractivity contribution in [2.24, 2.45) is 5.92 Å². The van der Waals surface area contributed by atoms with Gasteiger partial charge in [0.05, 0.1) is 5.92 Å². The third kappa shape index (κ3) is 2.70. The maximum Gasteiger partial charge on any atom is 0.417 e. The van der Waals surface area contributed by atoms with Crippen LogP contribution in [0.5, 0.6) is 0 Å². The molecule has 2 atom stereocenters. The lowest BCUT2D eigenvalue weighted by Gasteiger charge is -2.44. The van der Waals surface area contributed by atoms with Gasteiger partial charge >= 0.3 is 12.3 Å². The summed E-state index contributed by atoms with van der Waals surface area (Å²) in [7, 11) is 0. The number of carbonyl (C=O) groups excluding carboxylic acids is 2. The standard InChI is InChI=1S/C10H14F3NO3/c1-5-6(10(11,12)13)14(7(5)15)8(16)17-9(2,3)4/h5-6H,1-4H3/t5?,6-/m1/s1. The van der Waals surface area contributed by atoms with E-state index in [1.807, 2.05) is 0 Å². The van der Waals surface area contributed by atoms with Crippen molar-refractivity contribution in [3.63, 3.8) is 0 Å². The van der Waals surface area contributed by atoms with Gasteiger partial charge in [0.1, 0.15) is 11.6 Å². The van der Waals surface area contributed by atoms with Crippen molar-refractivity contribution in [2.75, 3.05) is 0 Å². The van der Waals surface area contributed by atoms with E-state index in [0.717, 1.165) is 6.92 Å². The molecule has 1 unspecified atom stereocenters. The zero-order valence-corrected chi connectivity index (χ0v) is 9.96. The second kappa shape index (κ2) is 3.89. The van der Waals surface area contributed by atoms with E-state index in [4.69, 9.17) is 4.74 Å². The van der Waals surface area contributed by atoms with Crippen molar-refractivity contribution in [3.05, 3.63) is 0 Å². The maximum absolute atomic E-state index is 12.6. The van der Waals surface area contributed by atoms with Gasteiger partial charge in [0.25, 0.3) is 0 Å². The Morgan fingerprint density at radius 1 is 1.29 bits per heavy atom. The smallest absolute Gasteiger partial charge is 0.417 e. The molecule has 2 amide bonds. The first-order chi connectivity index (χ1) is 7.45. The second-order valence-electron chi connectivity index (χ2n) is 4.96. The summed E-state index contributed by atoms with van der Waals surface area (Å²) in [5.74, 6) is -2.09. The first-order valence-corrected chi connectivity index (χ1v) is 5.08. The predicted octanol–water partition coefficient (Wildman–Crippen LogP) is 2.33. The molecule has 0 aromatic heterocycles. The Balaban J connectivity index is 2.83. The summed E-state index contributed by atoms with van der Waals surface area (Å²) in [4.78, 5) is 22.8. The van der Waals surface area contributed by atoms with E-state index in [-0.39, 0.29) is 4.90 Å². The van der Waals surface area contributed by atoms with E-state index >= 15 is 0 Å². The monoisotopic (exact) mass is 253 g/mol. The molecule has 0 radical (unpaired) electrons. The highest BCUT2D eigenvalue weighted by Gasteiger charge is 2.62. The molecule has 17 heavy (non-hydrogen) atoms. The summed E-state index contributed by atoms with van der Waals surface area (Å²) in [5, 5.41) is 0. The number of likely N-dealkylation sites (tertiary alicyclic amines) is 1. The van der Waals surface area contributed by atoms with Gasteiger partial charge in [-0.1, -0.05) is 6.92 Å². The number of carbonyl (C=O) groups is 2. The van der Waals surface area contributed by atoms with Crippen LogP contribution in [-0.2, 0) is 9.53 Å². The number of ether oxygens (including phenoxy) is 1. The van der Waals surface area contributed by atoms with Crippen molar-refractivity contribution in [1.29, 1.82) is 0 Å². The lowest BCUT2D eigenvalue weighted by atomic mass is 9.89. The highest BCUT2D eigenvalue weighted by atomic mass is 19.4. The fraction of sp³-hybridized carbons (Fsp3) is 0.800. The van der Waals surface area contributed by atoms with Crippen LogP contribution in [0.2, 0.25) is 0 Å². The number of nitrogens with zero attached hydrogens (tertiary/aromatic N) is 1. The Labute approximate surface area is 96.7 Å². The average Bonchev–Trinajstić information content (AvgIpc) is 2.06. The van der Waals surface area contributed by atoms with Crippen LogP contribution in [0, 0.1) is 5.92 Å². The molecule has 1 rings (SSSR count). The molecule has 7 heteroatoms. The van der Waals surface area contributed by atoms with Crippen LogP contribution in [0.25, 0.3) is 0 Å². The molecular weight excluding hydrogens is 239 g/mol. The number of rotatable bonds is 0. The quantitative estimate of drug-likeness (QED) is 0.622. The molecule has 1 saturated heterocycles. The van der Waals surface area contributed by atoms with Crippen LogP contribution in [0.3, 0.4) is 0 Å². The molecule has 1 aliphatic heterocycles. The molecule has 0 spiro atoms. The molecule has 0 aromatic carbocycles. The second-order valence-corrected chi connectivity index (χ2v) is 4.96. The minimum atomic E-state index is -4.62. The van der Waals surface area contributed by atoms with Crippen molar-refractivity contribution < 1.29 is 27.5 Å². The zero-order chi connectivity index (χ0) is 13.6. The summed E-state index contributed by atoms with van der Waals surface area (Å²) >= 11 is 0. The Morgan fingerprint density at radius 3 is 2.12 bits per heavy atom. The van der Waals surface area contributed by atoms with E-state index in [0.29, 0.717) is 0 Å². The molecule has 1 aliphatic rings. The van der Waals surface area contributed by atoms with Gasteiger partial charge in [-0.05, 0) is 20.8 Å². The van der Waals surface area contributed by atoms with Crippen LogP contribution in [-0.4, -0.2) is 34.7 Å². The van der Waals surface area contributed by atoms with Crippen LogP contribution in [0.4, 0.5) is 18.0 Å². The van der Waals surface area contributed by atoms with Crippen molar-refractivity contribution in [3.8, 4) is 0 Å². The lowest BCUT2D eigenvalue weighted by molar-refractivity contribution is -0.223. The van der Waals surface area contributed by atoms with Gasteiger partial charge in [-0.15, -0.1) is 0 Å². The van der Waals surface area contributed by atoms with Gasteiger partial charge in [0.2, 0.25) is 5.91 Å². The third-order valence-electron chi connectivity index (χ3n) is 2.30. The van der Waals surface area contributed by atoms with Gasteiger partial charge in [0.15, 0.2) is 0 Å². The van der Waals surface area contributed by atoms with Crippen LogP contribution >= 0.6 is 0 Å². The normalized spacial score (nSPS) is 25.6. The summed E-state index contributed by atoms with van der Waals surface area (Å²) in [6, 6.07) is -2.08. The number of hydrogen-bond donors (Lipinski definition) is 0. The predicted molar refractivity (Wildman–Crippen MR) is 52.1 cm³/mol. The molecule has 0 bridgehead atoms. The Morgan fingerprint density at radius 2 is 1.76 bits per heavy atom. The van der Waals surface area contributed by atoms with Gasteiger partial charge in [-0.2, -0.15) is 13.2 Å². The molecular formula is C10H14F3NO3. The van der Waals surface area contributed by atoms with Crippen molar-refractivity contribution >= 4 is 12.0 Å². The van der Waals surface area contributed by atoms with Gasteiger partial charge < -0.3 is 4.74 Å². The first kappa shape index (κ1) is 13.8. The zero-order valence-electron chi connectivity index (χ0n) is 9.96. The van der Waals surface area contributed by atoms with E-state index < -0.39 is 35.7 Å². The molecule has 1 fully saturated rings. The number of hydrogen-bond acceptors (Lipinski definition) is 3. The average molecular weight is 253 g/mol. The van der Waals surface area contributed by atoms with Gasteiger partial charge in [-0.3, -0.25) is 4.79 Å². The largest absolute Gasteiger partial charge is 0.443 e. The van der Waals surface area contributed by atoms with Gasteiger partial charge in [-0.25, -0.2) is 9.69 Å². The summed E-state index contributed by atoms with van der Waals surface area (Å²) in [6.07, 6.45) is -5.87. The highest BCUT2D eigenvalue weighted by molar-refractivity contribution is 5.99. The number of β-lactam (4-membered cyclic amide) rings is 1. The molecule has 4 nitrogen and oxygen atoms in total. The molecule has 98 valence electrons. The topological polar surface area (TPSA) is 46.6 Å². The molecule has 0 aliphatic carbocycles. The van der Waals surface area contributed by atoms with E-state index in [1.54, 1.807) is 0 Å². The van der Waals surface area contributed by atoms with Gasteiger partial charge in [0, 0.05) is 0 Å². The lowest BCUT2D eigenvalue weighted by Crippen LogP contribution is -2.68. The van der Waals surface area contributed by atoms with Crippen molar-refractivity contribution in [1.82, 2.24) is 4.90 Å². The Hall–Kier alpha value is -1.27. The molecule has 1 heterocycles. The number of alkyl halides is 3. The summed E-state index contributed by atoms with van der Waals surface area (Å²) in [6.45, 7) is 5.69. The Bertz CT molecular complexity index is 346. The SMILES string of the molecule is CC1C(=O)N(C(=O)OC(C)(C)C)[C@H]1C(F)(F)F. The molecule has 0 saturated carbocycles. The van der Waals surface area contributed by atoms with Crippen molar-refractivity contribution in [2.45, 2.75) is 45.5 Å². The number of imide groups is 1. The summed E-state index contributed by atoms with van der Waals surface area (Å²) in [5.41, 5.74) is -0.938. The summed E-state index contributed by atoms with van der Waals surface area (Å²) < 4.78 is 42.5. The highest BCUT2D eigenvalue weighted by Crippen LogP contribution is 2.39. The van der Waals surface area contributed by atoms with Crippen LogP contribution in [0.1, 0.15) is 27.7 Å². The number of amides is 2. The van der Waals surface area contributed by atoms with E-state index in [2.05, 4.69) is 0 Å².